The summed E-state index contributed by atoms with van der Waals surface area (Å²) in [7, 11) is 0. The highest BCUT2D eigenvalue weighted by Crippen LogP contribution is 2.64. The number of rotatable bonds is 3. The molecule has 3 aliphatic carbocycles. The largest absolute Gasteiger partial charge is 0.480 e. The maximum Gasteiger partial charge on any atom is 0.319 e. The normalized spacial score (nSPS) is 27.2. The number of amides is 2. The number of carboxylic acid groups (broad SMARTS) is 1. The van der Waals surface area contributed by atoms with Gasteiger partial charge >= 0.3 is 5.97 Å². The van der Waals surface area contributed by atoms with Crippen LogP contribution in [0.3, 0.4) is 0 Å². The van der Waals surface area contributed by atoms with Crippen LogP contribution in [0.1, 0.15) is 40.7 Å². The molecule has 1 heterocycles. The fourth-order valence-electron chi connectivity index (χ4n) is 6.40. The van der Waals surface area contributed by atoms with Gasteiger partial charge in [0.25, 0.3) is 0 Å². The number of carboxylic acids is 1. The molecule has 1 fully saturated rings. The molecule has 5 nitrogen and oxygen atoms in total. The summed E-state index contributed by atoms with van der Waals surface area (Å²) in [6.45, 7) is 1.98. The van der Waals surface area contributed by atoms with E-state index in [0.717, 1.165) is 16.7 Å². The summed E-state index contributed by atoms with van der Waals surface area (Å²) in [5, 5.41) is 10.7. The number of nitrogens with zero attached hydrogens (tertiary/aromatic N) is 1. The fraction of sp³-hybridized carbons (Fsp3) is 0.222. The second-order valence-electron chi connectivity index (χ2n) is 8.76. The zero-order valence-corrected chi connectivity index (χ0v) is 17.5. The number of benzene rings is 3. The van der Waals surface area contributed by atoms with Crippen LogP contribution in [0.5, 0.6) is 0 Å². The van der Waals surface area contributed by atoms with Crippen LogP contribution in [0.25, 0.3) is 0 Å². The lowest BCUT2D eigenvalue weighted by molar-refractivity contribution is -0.149. The lowest BCUT2D eigenvalue weighted by atomic mass is 9.47. The zero-order valence-electron chi connectivity index (χ0n) is 17.5. The minimum absolute atomic E-state index is 0.305. The molecule has 1 aliphatic heterocycles. The molecule has 0 radical (unpaired) electrons. The van der Waals surface area contributed by atoms with Crippen LogP contribution in [0.15, 0.2) is 72.8 Å². The molecule has 1 N–H and O–H groups in total. The van der Waals surface area contributed by atoms with Crippen molar-refractivity contribution >= 4 is 23.5 Å². The van der Waals surface area contributed by atoms with Gasteiger partial charge in [-0.05, 0) is 40.3 Å². The van der Waals surface area contributed by atoms with E-state index in [1.807, 2.05) is 73.7 Å². The highest BCUT2D eigenvalue weighted by atomic mass is 16.4. The summed E-state index contributed by atoms with van der Waals surface area (Å²) in [6.07, 6.45) is 0.663. The van der Waals surface area contributed by atoms with Crippen LogP contribution in [0, 0.1) is 11.8 Å². The van der Waals surface area contributed by atoms with Gasteiger partial charge < -0.3 is 5.11 Å². The number of anilines is 1. The summed E-state index contributed by atoms with van der Waals surface area (Å²) in [5.41, 5.74) is 2.79. The molecule has 7 rings (SSSR count). The van der Waals surface area contributed by atoms with Gasteiger partial charge in [-0.3, -0.25) is 14.4 Å². The lowest BCUT2D eigenvalue weighted by Crippen LogP contribution is -2.57. The molecular formula is C27H21NO4. The fourth-order valence-corrected chi connectivity index (χ4v) is 6.40. The number of carbonyl (C=O) groups excluding carboxylic acids is 2. The van der Waals surface area contributed by atoms with Gasteiger partial charge in [0.1, 0.15) is 5.41 Å². The maximum absolute atomic E-state index is 14.0. The Labute approximate surface area is 185 Å². The molecule has 0 aromatic heterocycles. The van der Waals surface area contributed by atoms with Gasteiger partial charge in [0, 0.05) is 5.92 Å². The van der Waals surface area contributed by atoms with E-state index in [4.69, 9.17) is 0 Å². The van der Waals surface area contributed by atoms with Crippen molar-refractivity contribution in [2.45, 2.75) is 24.7 Å². The molecule has 0 unspecified atom stereocenters. The minimum Gasteiger partial charge on any atom is -0.480 e. The Bertz CT molecular complexity index is 1280. The Morgan fingerprint density at radius 3 is 2.03 bits per heavy atom. The molecule has 32 heavy (non-hydrogen) atoms. The van der Waals surface area contributed by atoms with Gasteiger partial charge in [0.15, 0.2) is 0 Å². The van der Waals surface area contributed by atoms with Crippen molar-refractivity contribution in [1.29, 1.82) is 0 Å². The van der Waals surface area contributed by atoms with Crippen molar-refractivity contribution in [1.82, 2.24) is 0 Å². The number of carbonyl (C=O) groups is 3. The first-order valence-corrected chi connectivity index (χ1v) is 10.9. The molecule has 2 atom stereocenters. The second-order valence-corrected chi connectivity index (χ2v) is 8.76. The molecule has 0 spiro atoms. The van der Waals surface area contributed by atoms with E-state index >= 15 is 0 Å². The topological polar surface area (TPSA) is 74.7 Å². The van der Waals surface area contributed by atoms with Gasteiger partial charge in [-0.25, -0.2) is 4.90 Å². The molecule has 5 heteroatoms. The first kappa shape index (κ1) is 19.0. The van der Waals surface area contributed by atoms with Crippen molar-refractivity contribution in [2.24, 2.45) is 11.8 Å². The molecule has 2 amide bonds. The van der Waals surface area contributed by atoms with Crippen molar-refractivity contribution in [2.75, 3.05) is 4.90 Å². The average molecular weight is 423 g/mol. The van der Waals surface area contributed by atoms with Gasteiger partial charge in [-0.2, -0.15) is 0 Å². The second kappa shape index (κ2) is 6.39. The predicted octanol–water partition coefficient (Wildman–Crippen LogP) is 3.88. The summed E-state index contributed by atoms with van der Waals surface area (Å²) in [4.78, 5) is 42.3. The molecule has 2 bridgehead atoms. The van der Waals surface area contributed by atoms with E-state index in [-0.39, 0.29) is 11.8 Å². The van der Waals surface area contributed by atoms with Crippen molar-refractivity contribution < 1.29 is 19.5 Å². The standard InChI is InChI=1S/C27H21NO4/c1-2-15-9-3-8-14-20(15)28-24(29)22-21-16-10-4-6-12-18(16)27(26(31)32,23(22)25(28)30)19-13-7-5-11-17(19)21/h3-14,21-23H,2H2,1H3,(H,31,32)/t21?,22-,23+,27?/m0/s1. The van der Waals surface area contributed by atoms with Crippen LogP contribution >= 0.6 is 0 Å². The Morgan fingerprint density at radius 1 is 0.875 bits per heavy atom. The van der Waals surface area contributed by atoms with Crippen molar-refractivity contribution in [3.63, 3.8) is 0 Å². The summed E-state index contributed by atoms with van der Waals surface area (Å²) in [6, 6.07) is 22.2. The number of para-hydroxylation sites is 1. The minimum atomic E-state index is -1.59. The summed E-state index contributed by atoms with van der Waals surface area (Å²) in [5.74, 6) is -3.88. The average Bonchev–Trinajstić information content (AvgIpc) is 3.09. The molecule has 0 saturated carbocycles. The van der Waals surface area contributed by atoms with E-state index < -0.39 is 29.1 Å². The third-order valence-electron chi connectivity index (χ3n) is 7.57. The molecular weight excluding hydrogens is 402 g/mol. The first-order chi connectivity index (χ1) is 15.5. The van der Waals surface area contributed by atoms with Crippen molar-refractivity contribution in [3.05, 3.63) is 101 Å². The van der Waals surface area contributed by atoms with E-state index in [1.54, 1.807) is 6.07 Å². The molecule has 3 aromatic rings. The third-order valence-corrected chi connectivity index (χ3v) is 7.57. The van der Waals surface area contributed by atoms with Crippen LogP contribution in [-0.4, -0.2) is 22.9 Å². The number of aryl methyl sites for hydroxylation is 1. The predicted molar refractivity (Wildman–Crippen MR) is 118 cm³/mol. The van der Waals surface area contributed by atoms with Gasteiger partial charge in [0.05, 0.1) is 17.5 Å². The molecule has 4 aliphatic rings. The van der Waals surface area contributed by atoms with Crippen LogP contribution < -0.4 is 4.90 Å². The Morgan fingerprint density at radius 2 is 1.44 bits per heavy atom. The van der Waals surface area contributed by atoms with Crippen LogP contribution in [0.2, 0.25) is 0 Å². The quantitative estimate of drug-likeness (QED) is 0.649. The number of hydrogen-bond donors (Lipinski definition) is 1. The van der Waals surface area contributed by atoms with Gasteiger partial charge in [-0.1, -0.05) is 73.7 Å². The van der Waals surface area contributed by atoms with Gasteiger partial charge in [0.2, 0.25) is 11.8 Å². The zero-order chi connectivity index (χ0) is 22.2. The molecule has 158 valence electrons. The Kier molecular flexibility index (Phi) is 3.79. The van der Waals surface area contributed by atoms with Crippen LogP contribution in [0.4, 0.5) is 5.69 Å². The Balaban J connectivity index is 1.67. The highest BCUT2D eigenvalue weighted by Gasteiger charge is 2.71. The number of aliphatic carboxylic acids is 1. The van der Waals surface area contributed by atoms with Crippen molar-refractivity contribution in [3.8, 4) is 0 Å². The smallest absolute Gasteiger partial charge is 0.319 e. The summed E-state index contributed by atoms with van der Waals surface area (Å²) < 4.78 is 0. The van der Waals surface area contributed by atoms with Crippen LogP contribution in [-0.2, 0) is 26.2 Å². The number of hydrogen-bond acceptors (Lipinski definition) is 3. The molecule has 1 saturated heterocycles. The van der Waals surface area contributed by atoms with E-state index in [0.29, 0.717) is 23.2 Å². The SMILES string of the molecule is CCc1ccccc1N1C(=O)[C@H]2C3c4ccccc4C(C(=O)O)(c4ccccc43)[C@H]2C1=O. The Hall–Kier alpha value is -3.73. The van der Waals surface area contributed by atoms with Gasteiger partial charge in [-0.15, -0.1) is 0 Å². The van der Waals surface area contributed by atoms with E-state index in [9.17, 15) is 19.5 Å². The molecule has 3 aromatic carbocycles. The lowest BCUT2D eigenvalue weighted by Gasteiger charge is -2.51. The maximum atomic E-state index is 14.0. The summed E-state index contributed by atoms with van der Waals surface area (Å²) >= 11 is 0. The van der Waals surface area contributed by atoms with E-state index in [1.165, 1.54) is 4.90 Å². The monoisotopic (exact) mass is 423 g/mol. The first-order valence-electron chi connectivity index (χ1n) is 10.9. The number of imide groups is 1. The van der Waals surface area contributed by atoms with E-state index in [2.05, 4.69) is 0 Å². The third kappa shape index (κ3) is 2.01. The highest BCUT2D eigenvalue weighted by molar-refractivity contribution is 6.25.